The molecule has 9 heteroatoms. The Morgan fingerprint density at radius 3 is 2.52 bits per heavy atom. The van der Waals surface area contributed by atoms with Crippen LogP contribution < -0.4 is 10.1 Å². The van der Waals surface area contributed by atoms with Crippen molar-refractivity contribution >= 4 is 35.1 Å². The van der Waals surface area contributed by atoms with Gasteiger partial charge in [0.1, 0.15) is 18.2 Å². The predicted molar refractivity (Wildman–Crippen MR) is 121 cm³/mol. The van der Waals surface area contributed by atoms with Crippen molar-refractivity contribution in [3.63, 3.8) is 0 Å². The molecule has 7 nitrogen and oxygen atoms in total. The highest BCUT2D eigenvalue weighted by molar-refractivity contribution is 7.99. The van der Waals surface area contributed by atoms with E-state index in [2.05, 4.69) is 20.5 Å². The van der Waals surface area contributed by atoms with Gasteiger partial charge in [0.15, 0.2) is 11.0 Å². The monoisotopic (exact) mass is 451 g/mol. The molecule has 0 saturated carbocycles. The minimum Gasteiger partial charge on any atom is -0.486 e. The lowest BCUT2D eigenvalue weighted by Gasteiger charge is -2.11. The normalized spacial score (nSPS) is 10.6. The first-order valence-electron chi connectivity index (χ1n) is 9.41. The van der Waals surface area contributed by atoms with Crippen LogP contribution >= 0.6 is 23.4 Å². The maximum atomic E-state index is 12.3. The van der Waals surface area contributed by atoms with E-state index in [0.29, 0.717) is 27.6 Å². The first kappa shape index (κ1) is 20.9. The summed E-state index contributed by atoms with van der Waals surface area (Å²) < 4.78 is 7.73. The molecular formula is C22H18ClN5O2S. The smallest absolute Gasteiger partial charge is 0.236 e. The maximum Gasteiger partial charge on any atom is 0.236 e. The average Bonchev–Trinajstić information content (AvgIpc) is 3.21. The molecule has 31 heavy (non-hydrogen) atoms. The van der Waals surface area contributed by atoms with Crippen LogP contribution in [0, 0.1) is 0 Å². The fourth-order valence-electron chi connectivity index (χ4n) is 2.75. The van der Waals surface area contributed by atoms with E-state index >= 15 is 0 Å². The Bertz CT molecular complexity index is 1140. The van der Waals surface area contributed by atoms with Crippen molar-refractivity contribution in [3.8, 4) is 11.4 Å². The lowest BCUT2D eigenvalue weighted by atomic mass is 10.3. The van der Waals surface area contributed by atoms with Gasteiger partial charge in [0, 0.05) is 16.9 Å². The Morgan fingerprint density at radius 2 is 1.77 bits per heavy atom. The van der Waals surface area contributed by atoms with Gasteiger partial charge in [0.2, 0.25) is 5.91 Å². The van der Waals surface area contributed by atoms with Crippen LogP contribution in [0.5, 0.6) is 5.75 Å². The fraction of sp³-hybridized carbons (Fsp3) is 0.0909. The molecule has 2 heterocycles. The van der Waals surface area contributed by atoms with E-state index in [-0.39, 0.29) is 18.3 Å². The zero-order valence-electron chi connectivity index (χ0n) is 16.3. The summed E-state index contributed by atoms with van der Waals surface area (Å²) in [5.41, 5.74) is 0.884. The number of ether oxygens (including phenoxy) is 1. The molecule has 2 aromatic heterocycles. The Labute approximate surface area is 188 Å². The number of pyridine rings is 1. The van der Waals surface area contributed by atoms with Crippen LogP contribution in [-0.2, 0) is 11.4 Å². The number of para-hydroxylation sites is 1. The number of halogens is 1. The topological polar surface area (TPSA) is 81.9 Å². The number of hydrogen-bond donors (Lipinski definition) is 1. The van der Waals surface area contributed by atoms with Crippen LogP contribution in [0.3, 0.4) is 0 Å². The highest BCUT2D eigenvalue weighted by atomic mass is 35.5. The van der Waals surface area contributed by atoms with Crippen LogP contribution in [0.25, 0.3) is 5.69 Å². The summed E-state index contributed by atoms with van der Waals surface area (Å²) in [5, 5.41) is 12.6. The summed E-state index contributed by atoms with van der Waals surface area (Å²) in [6.07, 6.45) is 1.63. The number of hydrogen-bond acceptors (Lipinski definition) is 6. The molecular weight excluding hydrogens is 434 g/mol. The summed E-state index contributed by atoms with van der Waals surface area (Å²) >= 11 is 7.22. The third-order valence-corrected chi connectivity index (χ3v) is 5.34. The second-order valence-electron chi connectivity index (χ2n) is 6.36. The molecule has 0 unspecified atom stereocenters. The van der Waals surface area contributed by atoms with Crippen molar-refractivity contribution in [2.24, 2.45) is 0 Å². The van der Waals surface area contributed by atoms with Gasteiger partial charge in [-0.05, 0) is 48.5 Å². The quantitative estimate of drug-likeness (QED) is 0.393. The molecule has 0 aliphatic carbocycles. The first-order valence-corrected chi connectivity index (χ1v) is 10.8. The third kappa shape index (κ3) is 5.62. The molecule has 1 N–H and O–H groups in total. The van der Waals surface area contributed by atoms with Gasteiger partial charge in [0.25, 0.3) is 0 Å². The number of amides is 1. The van der Waals surface area contributed by atoms with Crippen molar-refractivity contribution in [3.05, 3.63) is 89.8 Å². The molecule has 4 rings (SSSR count). The van der Waals surface area contributed by atoms with Crippen LogP contribution in [0.2, 0.25) is 5.02 Å². The molecule has 1 amide bonds. The van der Waals surface area contributed by atoms with Crippen LogP contribution in [-0.4, -0.2) is 31.4 Å². The molecule has 0 fully saturated rings. The van der Waals surface area contributed by atoms with Gasteiger partial charge < -0.3 is 10.1 Å². The number of nitrogens with one attached hydrogen (secondary N) is 1. The van der Waals surface area contributed by atoms with E-state index < -0.39 is 0 Å². The molecule has 0 saturated heterocycles. The number of thioether (sulfide) groups is 1. The van der Waals surface area contributed by atoms with E-state index in [0.717, 1.165) is 5.69 Å². The van der Waals surface area contributed by atoms with E-state index in [1.807, 2.05) is 41.0 Å². The fourth-order valence-corrected chi connectivity index (χ4v) is 3.64. The van der Waals surface area contributed by atoms with E-state index in [1.54, 1.807) is 42.6 Å². The Kier molecular flexibility index (Phi) is 6.81. The maximum absolute atomic E-state index is 12.3. The van der Waals surface area contributed by atoms with Gasteiger partial charge >= 0.3 is 0 Å². The standard InChI is InChI=1S/C22H18ClN5O2S/c23-16-9-11-18(12-10-16)30-14-20-26-27-22(28(20)17-6-2-1-3-7-17)31-15-21(29)25-19-8-4-5-13-24-19/h1-13H,14-15H2,(H,24,25,29). The SMILES string of the molecule is O=C(CSc1nnc(COc2ccc(Cl)cc2)n1-c1ccccc1)Nc1ccccn1. The first-order chi connectivity index (χ1) is 15.2. The van der Waals surface area contributed by atoms with Gasteiger partial charge in [-0.2, -0.15) is 0 Å². The third-order valence-electron chi connectivity index (χ3n) is 4.16. The number of benzene rings is 2. The van der Waals surface area contributed by atoms with E-state index in [9.17, 15) is 4.79 Å². The number of carbonyl (C=O) groups is 1. The lowest BCUT2D eigenvalue weighted by Crippen LogP contribution is -2.15. The minimum atomic E-state index is -0.176. The Morgan fingerprint density at radius 1 is 1.00 bits per heavy atom. The number of anilines is 1. The second-order valence-corrected chi connectivity index (χ2v) is 7.74. The van der Waals surface area contributed by atoms with Gasteiger partial charge in [-0.25, -0.2) is 4.98 Å². The van der Waals surface area contributed by atoms with Gasteiger partial charge in [-0.3, -0.25) is 9.36 Å². The molecule has 0 spiro atoms. The molecule has 0 atom stereocenters. The van der Waals surface area contributed by atoms with E-state index in [4.69, 9.17) is 16.3 Å². The minimum absolute atomic E-state index is 0.166. The molecule has 0 aliphatic heterocycles. The van der Waals surface area contributed by atoms with Gasteiger partial charge in [-0.15, -0.1) is 10.2 Å². The Balaban J connectivity index is 1.49. The number of rotatable bonds is 8. The molecule has 0 radical (unpaired) electrons. The molecule has 2 aromatic carbocycles. The Hall–Kier alpha value is -3.36. The van der Waals surface area contributed by atoms with Crippen LogP contribution in [0.15, 0.2) is 84.1 Å². The summed E-state index contributed by atoms with van der Waals surface area (Å²) in [6, 6.07) is 22.2. The van der Waals surface area contributed by atoms with E-state index in [1.165, 1.54) is 11.8 Å². The molecule has 0 bridgehead atoms. The zero-order chi connectivity index (χ0) is 21.5. The van der Waals surface area contributed by atoms with Crippen molar-refractivity contribution in [1.29, 1.82) is 0 Å². The van der Waals surface area contributed by atoms with Gasteiger partial charge in [-0.1, -0.05) is 47.6 Å². The number of nitrogens with zero attached hydrogens (tertiary/aromatic N) is 4. The van der Waals surface area contributed by atoms with Crippen LogP contribution in [0.1, 0.15) is 5.82 Å². The summed E-state index contributed by atoms with van der Waals surface area (Å²) in [7, 11) is 0. The average molecular weight is 452 g/mol. The lowest BCUT2D eigenvalue weighted by molar-refractivity contribution is -0.113. The largest absolute Gasteiger partial charge is 0.486 e. The molecule has 156 valence electrons. The zero-order valence-corrected chi connectivity index (χ0v) is 17.9. The van der Waals surface area contributed by atoms with Crippen molar-refractivity contribution in [2.45, 2.75) is 11.8 Å². The van der Waals surface area contributed by atoms with Crippen molar-refractivity contribution in [1.82, 2.24) is 19.7 Å². The summed E-state index contributed by atoms with van der Waals surface area (Å²) in [6.45, 7) is 0.213. The van der Waals surface area contributed by atoms with Crippen molar-refractivity contribution in [2.75, 3.05) is 11.1 Å². The molecule has 0 aliphatic rings. The summed E-state index contributed by atoms with van der Waals surface area (Å²) in [4.78, 5) is 16.4. The number of carbonyl (C=O) groups excluding carboxylic acids is 1. The highest BCUT2D eigenvalue weighted by Crippen LogP contribution is 2.24. The predicted octanol–water partition coefficient (Wildman–Crippen LogP) is 4.63. The highest BCUT2D eigenvalue weighted by Gasteiger charge is 2.16. The van der Waals surface area contributed by atoms with Crippen molar-refractivity contribution < 1.29 is 9.53 Å². The van der Waals surface area contributed by atoms with Crippen LogP contribution in [0.4, 0.5) is 5.82 Å². The molecule has 4 aromatic rings. The van der Waals surface area contributed by atoms with Gasteiger partial charge in [0.05, 0.1) is 5.75 Å². The summed E-state index contributed by atoms with van der Waals surface area (Å²) in [5.74, 6) is 1.80. The number of aromatic nitrogens is 4. The second kappa shape index (κ2) is 10.1.